The minimum atomic E-state index is -1.30. The summed E-state index contributed by atoms with van der Waals surface area (Å²) in [6.45, 7) is 7.20. The Balaban J connectivity index is 1.24. The fraction of sp³-hybridized carbons (Fsp3) is 0.562. The molecule has 6 atom stereocenters. The zero-order chi connectivity index (χ0) is 30.4. The Hall–Kier alpha value is -2.71. The molecule has 0 bridgehead atoms. The summed E-state index contributed by atoms with van der Waals surface area (Å²) in [5.41, 5.74) is 2.33. The van der Waals surface area contributed by atoms with E-state index in [-0.39, 0.29) is 24.0 Å². The van der Waals surface area contributed by atoms with Gasteiger partial charge in [0.2, 0.25) is 5.91 Å². The predicted molar refractivity (Wildman–Crippen MR) is 159 cm³/mol. The van der Waals surface area contributed by atoms with Gasteiger partial charge in [-0.3, -0.25) is 4.79 Å². The number of nitrogens with zero attached hydrogens (tertiary/aromatic N) is 2. The quantitative estimate of drug-likeness (QED) is 0.288. The Labute approximate surface area is 253 Å². The Morgan fingerprint density at radius 1 is 1.17 bits per heavy atom. The molecule has 228 valence electrons. The average Bonchev–Trinajstić information content (AvgIpc) is 3.46. The van der Waals surface area contributed by atoms with Crippen molar-refractivity contribution in [2.45, 2.75) is 95.0 Å². The number of benzene rings is 2. The summed E-state index contributed by atoms with van der Waals surface area (Å²) in [5.74, 6) is 0.737. The monoisotopic (exact) mass is 599 g/mol. The topological polar surface area (TPSA) is 135 Å². The summed E-state index contributed by atoms with van der Waals surface area (Å²) in [4.78, 5) is 14.2. The molecule has 10 heteroatoms. The third-order valence-electron chi connectivity index (χ3n) is 8.22. The van der Waals surface area contributed by atoms with E-state index in [1.165, 1.54) is 0 Å². The number of nitrogens with one attached hydrogen (secondary N) is 1. The van der Waals surface area contributed by atoms with Gasteiger partial charge in [0.15, 0.2) is 0 Å². The van der Waals surface area contributed by atoms with Crippen LogP contribution in [0.1, 0.15) is 69.2 Å². The third-order valence-corrected chi connectivity index (χ3v) is 8.59. The molecule has 42 heavy (non-hydrogen) atoms. The number of ether oxygens (including phenoxy) is 2. The molecule has 0 unspecified atom stereocenters. The van der Waals surface area contributed by atoms with Crippen molar-refractivity contribution in [3.8, 4) is 11.8 Å². The van der Waals surface area contributed by atoms with E-state index in [4.69, 9.17) is 21.1 Å². The SMILES string of the molecule is C[C@H]1O[C@@H](c2ccc(Cl)c(Cc3ccc(OCCCC(C)(C)NCC(=O)N4CCC[C@H]4C#N)cc3)c2)[C@H](O)[C@@H](O)[C@@H]1O. The number of halogens is 1. The van der Waals surface area contributed by atoms with Crippen LogP contribution in [0.4, 0.5) is 0 Å². The average molecular weight is 600 g/mol. The molecule has 2 saturated heterocycles. The van der Waals surface area contributed by atoms with E-state index in [1.54, 1.807) is 24.0 Å². The fourth-order valence-corrected chi connectivity index (χ4v) is 5.75. The molecule has 2 aliphatic heterocycles. The molecule has 4 N–H and O–H groups in total. The van der Waals surface area contributed by atoms with Gasteiger partial charge in [-0.1, -0.05) is 35.9 Å². The summed E-state index contributed by atoms with van der Waals surface area (Å²) in [5, 5.41) is 43.8. The maximum absolute atomic E-state index is 12.5. The first-order chi connectivity index (χ1) is 20.0. The second-order valence-electron chi connectivity index (χ2n) is 12.0. The number of likely N-dealkylation sites (tertiary alicyclic amines) is 1. The zero-order valence-electron chi connectivity index (χ0n) is 24.5. The minimum Gasteiger partial charge on any atom is -0.494 e. The molecule has 2 aromatic carbocycles. The van der Waals surface area contributed by atoms with Crippen LogP contribution in [-0.2, 0) is 16.0 Å². The summed E-state index contributed by atoms with van der Waals surface area (Å²) < 4.78 is 11.7. The van der Waals surface area contributed by atoms with E-state index in [0.29, 0.717) is 30.2 Å². The number of aliphatic hydroxyl groups is 3. The van der Waals surface area contributed by atoms with E-state index < -0.39 is 30.5 Å². The van der Waals surface area contributed by atoms with Gasteiger partial charge in [0, 0.05) is 17.1 Å². The first kappa shape index (κ1) is 32.2. The molecule has 1 amide bonds. The summed E-state index contributed by atoms with van der Waals surface area (Å²) in [6, 6.07) is 15.1. The van der Waals surface area contributed by atoms with Crippen molar-refractivity contribution in [3.63, 3.8) is 0 Å². The second-order valence-corrected chi connectivity index (χ2v) is 12.4. The van der Waals surface area contributed by atoms with Crippen LogP contribution in [0.15, 0.2) is 42.5 Å². The second kappa shape index (κ2) is 14.2. The Morgan fingerprint density at radius 3 is 2.62 bits per heavy atom. The number of hydrogen-bond donors (Lipinski definition) is 4. The van der Waals surface area contributed by atoms with Crippen molar-refractivity contribution in [1.82, 2.24) is 10.2 Å². The number of rotatable bonds is 11. The van der Waals surface area contributed by atoms with Crippen molar-refractivity contribution >= 4 is 17.5 Å². The van der Waals surface area contributed by atoms with Gasteiger partial charge in [-0.05, 0) is 87.8 Å². The van der Waals surface area contributed by atoms with Gasteiger partial charge >= 0.3 is 0 Å². The maximum Gasteiger partial charge on any atom is 0.237 e. The standard InChI is InChI=1S/C32H42ClN3O6/c1-20-28(38)29(39)30(40)31(42-20)22-9-12-26(33)23(17-22)16-21-7-10-25(11-8-21)41-15-5-13-32(2,3)35-19-27(37)36-14-4-6-24(36)18-34/h7-12,17,20,24,28-31,35,38-40H,4-6,13-16,19H2,1-3H3/t20-,24+,28-,29+,30-,31+/m1/s1. The normalized spacial score (nSPS) is 26.2. The molecule has 2 aliphatic rings. The highest BCUT2D eigenvalue weighted by atomic mass is 35.5. The minimum absolute atomic E-state index is 0.0235. The lowest BCUT2D eigenvalue weighted by atomic mass is 9.90. The third kappa shape index (κ3) is 8.01. The zero-order valence-corrected chi connectivity index (χ0v) is 25.3. The lowest BCUT2D eigenvalue weighted by Crippen LogP contribution is -2.53. The molecule has 0 spiro atoms. The van der Waals surface area contributed by atoms with Crippen LogP contribution in [-0.4, -0.2) is 81.8 Å². The van der Waals surface area contributed by atoms with E-state index >= 15 is 0 Å². The molecule has 0 radical (unpaired) electrons. The van der Waals surface area contributed by atoms with Crippen LogP contribution in [0, 0.1) is 11.3 Å². The molecule has 0 saturated carbocycles. The molecule has 0 aromatic heterocycles. The van der Waals surface area contributed by atoms with Gasteiger partial charge in [-0.25, -0.2) is 0 Å². The van der Waals surface area contributed by atoms with Crippen molar-refractivity contribution in [2.75, 3.05) is 19.7 Å². The van der Waals surface area contributed by atoms with E-state index in [9.17, 15) is 25.4 Å². The largest absolute Gasteiger partial charge is 0.494 e. The van der Waals surface area contributed by atoms with Crippen molar-refractivity contribution < 1.29 is 29.6 Å². The van der Waals surface area contributed by atoms with Crippen LogP contribution >= 0.6 is 11.6 Å². The lowest BCUT2D eigenvalue weighted by Gasteiger charge is -2.39. The van der Waals surface area contributed by atoms with E-state index in [2.05, 4.69) is 25.2 Å². The molecular weight excluding hydrogens is 558 g/mol. The van der Waals surface area contributed by atoms with Crippen LogP contribution in [0.25, 0.3) is 0 Å². The Morgan fingerprint density at radius 2 is 1.90 bits per heavy atom. The van der Waals surface area contributed by atoms with Gasteiger partial charge in [0.1, 0.15) is 36.2 Å². The van der Waals surface area contributed by atoms with Gasteiger partial charge in [0.05, 0.1) is 25.3 Å². The molecular formula is C32H42ClN3O6. The van der Waals surface area contributed by atoms with Crippen molar-refractivity contribution in [2.24, 2.45) is 0 Å². The summed E-state index contributed by atoms with van der Waals surface area (Å²) >= 11 is 6.48. The van der Waals surface area contributed by atoms with Crippen LogP contribution < -0.4 is 10.1 Å². The molecule has 9 nitrogen and oxygen atoms in total. The highest BCUT2D eigenvalue weighted by Gasteiger charge is 2.42. The summed E-state index contributed by atoms with van der Waals surface area (Å²) in [6.07, 6.45) is -1.27. The highest BCUT2D eigenvalue weighted by Crippen LogP contribution is 2.34. The number of amides is 1. The van der Waals surface area contributed by atoms with E-state index in [0.717, 1.165) is 42.6 Å². The lowest BCUT2D eigenvalue weighted by molar-refractivity contribution is -0.219. The molecule has 2 heterocycles. The van der Waals surface area contributed by atoms with Crippen molar-refractivity contribution in [3.05, 3.63) is 64.2 Å². The molecule has 2 aromatic rings. The highest BCUT2D eigenvalue weighted by molar-refractivity contribution is 6.31. The van der Waals surface area contributed by atoms with Crippen LogP contribution in [0.3, 0.4) is 0 Å². The predicted octanol–water partition coefficient (Wildman–Crippen LogP) is 3.52. The maximum atomic E-state index is 12.5. The first-order valence-electron chi connectivity index (χ1n) is 14.6. The number of nitriles is 1. The smallest absolute Gasteiger partial charge is 0.237 e. The van der Waals surface area contributed by atoms with Crippen LogP contribution in [0.5, 0.6) is 5.75 Å². The number of hydrogen-bond acceptors (Lipinski definition) is 8. The van der Waals surface area contributed by atoms with E-state index in [1.807, 2.05) is 30.3 Å². The summed E-state index contributed by atoms with van der Waals surface area (Å²) in [7, 11) is 0. The van der Waals surface area contributed by atoms with Gasteiger partial charge in [-0.15, -0.1) is 0 Å². The number of carbonyl (C=O) groups excluding carboxylic acids is 1. The fourth-order valence-electron chi connectivity index (χ4n) is 5.57. The first-order valence-corrected chi connectivity index (χ1v) is 15.0. The number of carbonyl (C=O) groups is 1. The molecule has 2 fully saturated rings. The van der Waals surface area contributed by atoms with Gasteiger partial charge in [-0.2, -0.15) is 5.26 Å². The number of aliphatic hydroxyl groups excluding tert-OH is 3. The van der Waals surface area contributed by atoms with Gasteiger partial charge in [0.25, 0.3) is 0 Å². The van der Waals surface area contributed by atoms with Gasteiger partial charge < -0.3 is 35.0 Å². The van der Waals surface area contributed by atoms with Crippen molar-refractivity contribution in [1.29, 1.82) is 5.26 Å². The Kier molecular flexibility index (Phi) is 10.9. The Bertz CT molecular complexity index is 1250. The molecule has 0 aliphatic carbocycles. The van der Waals surface area contributed by atoms with Crippen LogP contribution in [0.2, 0.25) is 5.02 Å². The molecule has 4 rings (SSSR count).